The SMILES string of the molecule is COc1ccc(C=NNC(=O)c2ccc(OCC(C)C)cc2)cc1. The predicted molar refractivity (Wildman–Crippen MR) is 94.8 cm³/mol. The molecule has 1 N–H and O–H groups in total. The quantitative estimate of drug-likeness (QED) is 0.626. The van der Waals surface area contributed by atoms with Crippen molar-refractivity contribution in [2.45, 2.75) is 13.8 Å². The summed E-state index contributed by atoms with van der Waals surface area (Å²) in [5.41, 5.74) is 3.90. The van der Waals surface area contributed by atoms with Crippen LogP contribution in [0, 0.1) is 5.92 Å². The van der Waals surface area contributed by atoms with Gasteiger partial charge in [0.15, 0.2) is 0 Å². The zero-order valence-electron chi connectivity index (χ0n) is 14.2. The largest absolute Gasteiger partial charge is 0.497 e. The molecule has 0 saturated carbocycles. The van der Waals surface area contributed by atoms with Crippen LogP contribution in [0.2, 0.25) is 0 Å². The number of hydrogen-bond donors (Lipinski definition) is 1. The number of carbonyl (C=O) groups is 1. The number of ether oxygens (including phenoxy) is 2. The van der Waals surface area contributed by atoms with E-state index in [9.17, 15) is 4.79 Å². The second-order valence-electron chi connectivity index (χ2n) is 5.70. The van der Waals surface area contributed by atoms with Crippen molar-refractivity contribution in [2.24, 2.45) is 11.0 Å². The number of benzene rings is 2. The van der Waals surface area contributed by atoms with Gasteiger partial charge in [-0.15, -0.1) is 0 Å². The number of nitrogens with zero attached hydrogens (tertiary/aromatic N) is 1. The molecule has 0 unspecified atom stereocenters. The Labute approximate surface area is 142 Å². The Bertz CT molecular complexity index is 677. The van der Waals surface area contributed by atoms with E-state index in [4.69, 9.17) is 9.47 Å². The van der Waals surface area contributed by atoms with Gasteiger partial charge in [-0.25, -0.2) is 5.43 Å². The summed E-state index contributed by atoms with van der Waals surface area (Å²) in [6.07, 6.45) is 1.58. The lowest BCUT2D eigenvalue weighted by molar-refractivity contribution is 0.0955. The highest BCUT2D eigenvalue weighted by Crippen LogP contribution is 2.13. The molecule has 1 amide bonds. The zero-order valence-corrected chi connectivity index (χ0v) is 14.2. The molecule has 0 atom stereocenters. The van der Waals surface area contributed by atoms with Gasteiger partial charge in [0.05, 0.1) is 19.9 Å². The van der Waals surface area contributed by atoms with Crippen molar-refractivity contribution in [3.8, 4) is 11.5 Å². The van der Waals surface area contributed by atoms with Crippen LogP contribution in [0.3, 0.4) is 0 Å². The molecule has 2 rings (SSSR count). The standard InChI is InChI=1S/C19H22N2O3/c1-14(2)13-24-18-10-6-16(7-11-18)19(22)21-20-12-15-4-8-17(23-3)9-5-15/h4-12,14H,13H2,1-3H3,(H,21,22). The van der Waals surface area contributed by atoms with Gasteiger partial charge in [-0.2, -0.15) is 5.10 Å². The zero-order chi connectivity index (χ0) is 17.4. The van der Waals surface area contributed by atoms with Crippen LogP contribution in [0.15, 0.2) is 53.6 Å². The second kappa shape index (κ2) is 8.72. The molecule has 0 saturated heterocycles. The number of methoxy groups -OCH3 is 1. The molecule has 0 spiro atoms. The molecule has 0 heterocycles. The summed E-state index contributed by atoms with van der Waals surface area (Å²) < 4.78 is 10.7. The topological polar surface area (TPSA) is 59.9 Å². The Hall–Kier alpha value is -2.82. The highest BCUT2D eigenvalue weighted by molar-refractivity contribution is 5.95. The molecule has 0 fully saturated rings. The first-order valence-corrected chi connectivity index (χ1v) is 7.79. The molecular formula is C19H22N2O3. The van der Waals surface area contributed by atoms with Gasteiger partial charge in [0.1, 0.15) is 11.5 Å². The fourth-order valence-electron chi connectivity index (χ4n) is 1.89. The minimum atomic E-state index is -0.268. The van der Waals surface area contributed by atoms with E-state index in [0.717, 1.165) is 17.1 Å². The van der Waals surface area contributed by atoms with E-state index < -0.39 is 0 Å². The molecular weight excluding hydrogens is 304 g/mol. The second-order valence-corrected chi connectivity index (χ2v) is 5.70. The predicted octanol–water partition coefficient (Wildman–Crippen LogP) is 3.49. The molecule has 0 aromatic heterocycles. The lowest BCUT2D eigenvalue weighted by Crippen LogP contribution is -2.17. The van der Waals surface area contributed by atoms with E-state index in [1.54, 1.807) is 37.6 Å². The molecule has 24 heavy (non-hydrogen) atoms. The van der Waals surface area contributed by atoms with Crippen LogP contribution in [-0.2, 0) is 0 Å². The van der Waals surface area contributed by atoms with Gasteiger partial charge < -0.3 is 9.47 Å². The van der Waals surface area contributed by atoms with Gasteiger partial charge in [-0.05, 0) is 60.0 Å². The van der Waals surface area contributed by atoms with Crippen molar-refractivity contribution in [2.75, 3.05) is 13.7 Å². The number of carbonyl (C=O) groups excluding carboxylic acids is 1. The average Bonchev–Trinajstić information content (AvgIpc) is 2.61. The van der Waals surface area contributed by atoms with E-state index in [1.807, 2.05) is 24.3 Å². The fourth-order valence-corrected chi connectivity index (χ4v) is 1.89. The normalized spacial score (nSPS) is 10.8. The molecule has 0 radical (unpaired) electrons. The van der Waals surface area contributed by atoms with Gasteiger partial charge in [0.2, 0.25) is 0 Å². The summed E-state index contributed by atoms with van der Waals surface area (Å²) in [6, 6.07) is 14.4. The van der Waals surface area contributed by atoms with Crippen LogP contribution in [0.4, 0.5) is 0 Å². The van der Waals surface area contributed by atoms with Crippen LogP contribution in [-0.4, -0.2) is 25.8 Å². The van der Waals surface area contributed by atoms with Gasteiger partial charge >= 0.3 is 0 Å². The Morgan fingerprint density at radius 2 is 1.71 bits per heavy atom. The molecule has 0 bridgehead atoms. The van der Waals surface area contributed by atoms with E-state index in [0.29, 0.717) is 18.1 Å². The van der Waals surface area contributed by atoms with Crippen molar-refractivity contribution in [1.82, 2.24) is 5.43 Å². The molecule has 0 aliphatic rings. The third-order valence-electron chi connectivity index (χ3n) is 3.20. The van der Waals surface area contributed by atoms with Crippen LogP contribution in [0.1, 0.15) is 29.8 Å². The Balaban J connectivity index is 1.88. The monoisotopic (exact) mass is 326 g/mol. The highest BCUT2D eigenvalue weighted by Gasteiger charge is 2.04. The summed E-state index contributed by atoms with van der Waals surface area (Å²) in [5.74, 6) is 1.72. The maximum atomic E-state index is 12.0. The summed E-state index contributed by atoms with van der Waals surface area (Å²) in [6.45, 7) is 4.82. The van der Waals surface area contributed by atoms with Gasteiger partial charge in [-0.1, -0.05) is 13.8 Å². The first-order valence-electron chi connectivity index (χ1n) is 7.79. The van der Waals surface area contributed by atoms with E-state index in [-0.39, 0.29) is 5.91 Å². The van der Waals surface area contributed by atoms with Gasteiger partial charge in [-0.3, -0.25) is 4.79 Å². The molecule has 126 valence electrons. The van der Waals surface area contributed by atoms with E-state index >= 15 is 0 Å². The Morgan fingerprint density at radius 3 is 2.29 bits per heavy atom. The summed E-state index contributed by atoms with van der Waals surface area (Å²) in [7, 11) is 1.61. The summed E-state index contributed by atoms with van der Waals surface area (Å²) in [4.78, 5) is 12.0. The third kappa shape index (κ3) is 5.43. The van der Waals surface area contributed by atoms with Crippen LogP contribution in [0.25, 0.3) is 0 Å². The van der Waals surface area contributed by atoms with Crippen molar-refractivity contribution < 1.29 is 14.3 Å². The molecule has 2 aromatic carbocycles. The average molecular weight is 326 g/mol. The fraction of sp³-hybridized carbons (Fsp3) is 0.263. The first kappa shape index (κ1) is 17.5. The smallest absolute Gasteiger partial charge is 0.271 e. The third-order valence-corrected chi connectivity index (χ3v) is 3.20. The van der Waals surface area contributed by atoms with E-state index in [2.05, 4.69) is 24.4 Å². The Kier molecular flexibility index (Phi) is 6.37. The van der Waals surface area contributed by atoms with Crippen molar-refractivity contribution in [3.05, 3.63) is 59.7 Å². The molecule has 5 nitrogen and oxygen atoms in total. The lowest BCUT2D eigenvalue weighted by atomic mass is 10.2. The van der Waals surface area contributed by atoms with Gasteiger partial charge in [0.25, 0.3) is 5.91 Å². The number of nitrogens with one attached hydrogen (secondary N) is 1. The minimum absolute atomic E-state index is 0.268. The summed E-state index contributed by atoms with van der Waals surface area (Å²) >= 11 is 0. The minimum Gasteiger partial charge on any atom is -0.497 e. The van der Waals surface area contributed by atoms with Crippen molar-refractivity contribution in [3.63, 3.8) is 0 Å². The number of rotatable bonds is 7. The number of amides is 1. The molecule has 5 heteroatoms. The number of hydrogen-bond acceptors (Lipinski definition) is 4. The van der Waals surface area contributed by atoms with Crippen LogP contribution < -0.4 is 14.9 Å². The van der Waals surface area contributed by atoms with Crippen molar-refractivity contribution >= 4 is 12.1 Å². The van der Waals surface area contributed by atoms with E-state index in [1.165, 1.54) is 0 Å². The lowest BCUT2D eigenvalue weighted by Gasteiger charge is -2.08. The molecule has 2 aromatic rings. The molecule has 0 aliphatic carbocycles. The maximum absolute atomic E-state index is 12.0. The van der Waals surface area contributed by atoms with Crippen molar-refractivity contribution in [1.29, 1.82) is 0 Å². The Morgan fingerprint density at radius 1 is 1.08 bits per heavy atom. The van der Waals surface area contributed by atoms with Crippen LogP contribution >= 0.6 is 0 Å². The maximum Gasteiger partial charge on any atom is 0.271 e. The van der Waals surface area contributed by atoms with Crippen LogP contribution in [0.5, 0.6) is 11.5 Å². The first-order chi connectivity index (χ1) is 11.6. The number of hydrazone groups is 1. The summed E-state index contributed by atoms with van der Waals surface area (Å²) in [5, 5.41) is 3.96. The van der Waals surface area contributed by atoms with Gasteiger partial charge in [0, 0.05) is 5.56 Å². The highest BCUT2D eigenvalue weighted by atomic mass is 16.5. The molecule has 0 aliphatic heterocycles.